The Morgan fingerprint density at radius 3 is 2.00 bits per heavy atom. The summed E-state index contributed by atoms with van der Waals surface area (Å²) in [5, 5.41) is 0. The Morgan fingerprint density at radius 2 is 1.36 bits per heavy atom. The number of hydrogen-bond donors (Lipinski definition) is 1. The molecule has 1 heteroatoms. The van der Waals surface area contributed by atoms with Gasteiger partial charge in [-0.05, 0) is 23.3 Å². The Morgan fingerprint density at radius 1 is 0.714 bits per heavy atom. The van der Waals surface area contributed by atoms with E-state index in [1.54, 1.807) is 0 Å². The van der Waals surface area contributed by atoms with Crippen LogP contribution in [0.25, 0.3) is 11.1 Å². The van der Waals surface area contributed by atoms with Gasteiger partial charge in [0, 0.05) is 5.69 Å². The van der Waals surface area contributed by atoms with Crippen molar-refractivity contribution >= 4 is 5.69 Å². The molecule has 0 amide bonds. The van der Waals surface area contributed by atoms with Gasteiger partial charge in [0.1, 0.15) is 0 Å². The monoisotopic (exact) mass is 185 g/mol. The molecule has 0 radical (unpaired) electrons. The zero-order chi connectivity index (χ0) is 9.10. The first kappa shape index (κ1) is 10.3. The van der Waals surface area contributed by atoms with Crippen LogP contribution in [0.4, 0.5) is 5.69 Å². The maximum absolute atomic E-state index is 5.70. The van der Waals surface area contributed by atoms with Crippen LogP contribution in [0.15, 0.2) is 54.6 Å². The van der Waals surface area contributed by atoms with Crippen LogP contribution in [0.1, 0.15) is 7.43 Å². The first-order chi connectivity index (χ1) is 6.36. The predicted octanol–water partition coefficient (Wildman–Crippen LogP) is 3.57. The van der Waals surface area contributed by atoms with E-state index >= 15 is 0 Å². The molecular formula is C13H15N. The summed E-state index contributed by atoms with van der Waals surface area (Å²) in [6, 6.07) is 18.1. The summed E-state index contributed by atoms with van der Waals surface area (Å²) in [6.45, 7) is 0. The number of hydrogen-bond acceptors (Lipinski definition) is 1. The molecule has 0 atom stereocenters. The van der Waals surface area contributed by atoms with E-state index < -0.39 is 0 Å². The highest BCUT2D eigenvalue weighted by atomic mass is 14.5. The molecule has 0 spiro atoms. The van der Waals surface area contributed by atoms with Gasteiger partial charge in [-0.2, -0.15) is 0 Å². The van der Waals surface area contributed by atoms with Crippen molar-refractivity contribution in [2.24, 2.45) is 0 Å². The fourth-order valence-corrected chi connectivity index (χ4v) is 1.35. The van der Waals surface area contributed by atoms with E-state index in [2.05, 4.69) is 18.2 Å². The summed E-state index contributed by atoms with van der Waals surface area (Å²) in [4.78, 5) is 0. The molecule has 2 aromatic rings. The van der Waals surface area contributed by atoms with E-state index in [0.717, 1.165) is 5.69 Å². The minimum atomic E-state index is 0. The second-order valence-electron chi connectivity index (χ2n) is 2.99. The Bertz CT molecular complexity index is 393. The van der Waals surface area contributed by atoms with E-state index in [1.807, 2.05) is 36.4 Å². The molecule has 0 saturated carbocycles. The van der Waals surface area contributed by atoms with Crippen LogP contribution < -0.4 is 5.73 Å². The van der Waals surface area contributed by atoms with Crippen molar-refractivity contribution in [1.29, 1.82) is 0 Å². The van der Waals surface area contributed by atoms with Crippen molar-refractivity contribution in [1.82, 2.24) is 0 Å². The Kier molecular flexibility index (Phi) is 3.29. The van der Waals surface area contributed by atoms with Gasteiger partial charge in [0.2, 0.25) is 0 Å². The molecule has 0 saturated heterocycles. The largest absolute Gasteiger partial charge is 0.399 e. The third-order valence-electron chi connectivity index (χ3n) is 1.99. The third kappa shape index (κ3) is 2.13. The Labute approximate surface area is 85.2 Å². The SMILES string of the molecule is C.Nc1cccc(-c2ccccc2)c1. The summed E-state index contributed by atoms with van der Waals surface area (Å²) < 4.78 is 0. The number of rotatable bonds is 1. The molecule has 0 heterocycles. The van der Waals surface area contributed by atoms with Gasteiger partial charge in [-0.3, -0.25) is 0 Å². The van der Waals surface area contributed by atoms with Crippen LogP contribution >= 0.6 is 0 Å². The van der Waals surface area contributed by atoms with E-state index in [-0.39, 0.29) is 7.43 Å². The number of nitrogens with two attached hydrogens (primary N) is 1. The molecule has 0 aromatic heterocycles. The highest BCUT2D eigenvalue weighted by molar-refractivity contribution is 5.66. The van der Waals surface area contributed by atoms with Crippen molar-refractivity contribution in [2.75, 3.05) is 5.73 Å². The van der Waals surface area contributed by atoms with Gasteiger partial charge in [-0.15, -0.1) is 0 Å². The molecule has 0 aliphatic rings. The first-order valence-corrected chi connectivity index (χ1v) is 4.27. The van der Waals surface area contributed by atoms with Crippen molar-refractivity contribution in [3.63, 3.8) is 0 Å². The quantitative estimate of drug-likeness (QED) is 0.675. The van der Waals surface area contributed by atoms with Gasteiger partial charge >= 0.3 is 0 Å². The van der Waals surface area contributed by atoms with Crippen LogP contribution in [0.3, 0.4) is 0 Å². The van der Waals surface area contributed by atoms with Crippen molar-refractivity contribution in [2.45, 2.75) is 7.43 Å². The van der Waals surface area contributed by atoms with Gasteiger partial charge in [0.25, 0.3) is 0 Å². The third-order valence-corrected chi connectivity index (χ3v) is 1.99. The molecule has 72 valence electrons. The van der Waals surface area contributed by atoms with E-state index in [1.165, 1.54) is 11.1 Å². The lowest BCUT2D eigenvalue weighted by atomic mass is 10.1. The summed E-state index contributed by atoms with van der Waals surface area (Å²) in [6.07, 6.45) is 0. The molecule has 14 heavy (non-hydrogen) atoms. The summed E-state index contributed by atoms with van der Waals surface area (Å²) >= 11 is 0. The van der Waals surface area contributed by atoms with Crippen LogP contribution in [0, 0.1) is 0 Å². The second-order valence-corrected chi connectivity index (χ2v) is 2.99. The van der Waals surface area contributed by atoms with Crippen LogP contribution in [0.5, 0.6) is 0 Å². The summed E-state index contributed by atoms with van der Waals surface area (Å²) in [7, 11) is 0. The van der Waals surface area contributed by atoms with Gasteiger partial charge < -0.3 is 5.73 Å². The summed E-state index contributed by atoms with van der Waals surface area (Å²) in [5.74, 6) is 0. The molecule has 0 aliphatic carbocycles. The van der Waals surface area contributed by atoms with Gasteiger partial charge in [0.15, 0.2) is 0 Å². The Hall–Kier alpha value is -1.76. The van der Waals surface area contributed by atoms with Gasteiger partial charge in [0.05, 0.1) is 0 Å². The fourth-order valence-electron chi connectivity index (χ4n) is 1.35. The van der Waals surface area contributed by atoms with Crippen LogP contribution in [0.2, 0.25) is 0 Å². The Balaban J connectivity index is 0.000000980. The normalized spacial score (nSPS) is 9.14. The lowest BCUT2D eigenvalue weighted by molar-refractivity contribution is 1.61. The molecule has 0 unspecified atom stereocenters. The zero-order valence-electron chi connectivity index (χ0n) is 7.27. The van der Waals surface area contributed by atoms with Crippen LogP contribution in [-0.2, 0) is 0 Å². The average Bonchev–Trinajstić information content (AvgIpc) is 2.19. The van der Waals surface area contributed by atoms with Crippen LogP contribution in [-0.4, -0.2) is 0 Å². The van der Waals surface area contributed by atoms with Gasteiger partial charge in [-0.1, -0.05) is 49.9 Å². The topological polar surface area (TPSA) is 26.0 Å². The molecule has 0 fully saturated rings. The second kappa shape index (κ2) is 4.47. The molecule has 1 nitrogen and oxygen atoms in total. The molecule has 2 rings (SSSR count). The first-order valence-electron chi connectivity index (χ1n) is 4.27. The standard InChI is InChI=1S/C12H11N.CH4/c13-12-8-4-7-11(9-12)10-5-2-1-3-6-10;/h1-9H,13H2;1H4. The highest BCUT2D eigenvalue weighted by Crippen LogP contribution is 2.20. The minimum absolute atomic E-state index is 0. The highest BCUT2D eigenvalue weighted by Gasteiger charge is 1.94. The van der Waals surface area contributed by atoms with E-state index in [9.17, 15) is 0 Å². The number of benzene rings is 2. The maximum atomic E-state index is 5.70. The molecular weight excluding hydrogens is 170 g/mol. The molecule has 2 aromatic carbocycles. The number of nitrogen functional groups attached to an aromatic ring is 1. The van der Waals surface area contributed by atoms with Gasteiger partial charge in [-0.25, -0.2) is 0 Å². The van der Waals surface area contributed by atoms with E-state index in [4.69, 9.17) is 5.73 Å². The maximum Gasteiger partial charge on any atom is 0.0320 e. The van der Waals surface area contributed by atoms with E-state index in [0.29, 0.717) is 0 Å². The lowest BCUT2D eigenvalue weighted by Gasteiger charge is -2.01. The minimum Gasteiger partial charge on any atom is -0.399 e. The van der Waals surface area contributed by atoms with Crippen molar-refractivity contribution in [3.8, 4) is 11.1 Å². The zero-order valence-corrected chi connectivity index (χ0v) is 7.27. The predicted molar refractivity (Wildman–Crippen MR) is 63.0 cm³/mol. The van der Waals surface area contributed by atoms with Crippen molar-refractivity contribution < 1.29 is 0 Å². The summed E-state index contributed by atoms with van der Waals surface area (Å²) in [5.41, 5.74) is 8.87. The average molecular weight is 185 g/mol. The smallest absolute Gasteiger partial charge is 0.0320 e. The number of anilines is 1. The molecule has 0 aliphatic heterocycles. The molecule has 0 bridgehead atoms. The van der Waals surface area contributed by atoms with Crippen molar-refractivity contribution in [3.05, 3.63) is 54.6 Å². The lowest BCUT2D eigenvalue weighted by Crippen LogP contribution is -1.84. The molecule has 2 N–H and O–H groups in total. The fraction of sp³-hybridized carbons (Fsp3) is 0.0769.